The largest absolute Gasteiger partial charge is 0.449 e. The van der Waals surface area contributed by atoms with Crippen molar-refractivity contribution in [3.8, 4) is 22.3 Å². The third-order valence-electron chi connectivity index (χ3n) is 8.11. The highest BCUT2D eigenvalue weighted by atomic mass is 16.5. The quantitative estimate of drug-likeness (QED) is 0.304. The SMILES string of the molecule is CC1(C)c2ccccc2-c2ccc(C(O)C(O)CNC(=O)OCC3c4ccccc4-c4ccccc43)cc21. The van der Waals surface area contributed by atoms with Crippen molar-refractivity contribution >= 4 is 6.09 Å². The van der Waals surface area contributed by atoms with E-state index < -0.39 is 18.3 Å². The minimum Gasteiger partial charge on any atom is -0.449 e. The zero-order valence-corrected chi connectivity index (χ0v) is 21.5. The molecule has 2 aliphatic carbocycles. The number of amides is 1. The van der Waals surface area contributed by atoms with Crippen molar-refractivity contribution < 1.29 is 19.7 Å². The maximum absolute atomic E-state index is 12.5. The minimum atomic E-state index is -1.18. The van der Waals surface area contributed by atoms with Crippen LogP contribution in [0.4, 0.5) is 4.79 Å². The number of hydrogen-bond acceptors (Lipinski definition) is 4. The molecule has 2 unspecified atom stereocenters. The number of fused-ring (bicyclic) bond motifs is 6. The van der Waals surface area contributed by atoms with E-state index in [1.54, 1.807) is 0 Å². The Morgan fingerprint density at radius 2 is 1.39 bits per heavy atom. The molecule has 0 aromatic heterocycles. The highest BCUT2D eigenvalue weighted by Gasteiger charge is 2.36. The van der Waals surface area contributed by atoms with E-state index in [0.717, 1.165) is 33.4 Å². The molecule has 0 saturated carbocycles. The molecular formula is C33H31NO4. The molecule has 2 aliphatic rings. The maximum Gasteiger partial charge on any atom is 0.407 e. The highest BCUT2D eigenvalue weighted by Crippen LogP contribution is 2.49. The number of rotatable bonds is 6. The van der Waals surface area contributed by atoms with Crippen molar-refractivity contribution in [2.75, 3.05) is 13.2 Å². The molecule has 4 aromatic carbocycles. The molecule has 38 heavy (non-hydrogen) atoms. The predicted molar refractivity (Wildman–Crippen MR) is 148 cm³/mol. The standard InChI is InChI=1S/C33H31NO4/c1-33(2)28-14-8-7-13-25(28)26-16-15-20(17-29(26)33)31(36)30(35)18-34-32(37)38-19-27-23-11-5-3-9-21(23)22-10-4-6-12-24(22)27/h3-17,27,30-31,35-36H,18-19H2,1-2H3,(H,34,37). The zero-order chi connectivity index (χ0) is 26.4. The summed E-state index contributed by atoms with van der Waals surface area (Å²) in [6, 6.07) is 30.5. The normalized spacial score (nSPS) is 16.1. The molecule has 0 bridgehead atoms. The van der Waals surface area contributed by atoms with Gasteiger partial charge in [0.2, 0.25) is 0 Å². The number of alkyl carbamates (subject to hydrolysis) is 1. The number of aliphatic hydroxyl groups is 2. The molecule has 0 fully saturated rings. The van der Waals surface area contributed by atoms with Crippen molar-refractivity contribution in [2.24, 2.45) is 0 Å². The van der Waals surface area contributed by atoms with Crippen molar-refractivity contribution in [3.05, 3.63) is 119 Å². The van der Waals surface area contributed by atoms with Gasteiger partial charge in [-0.2, -0.15) is 0 Å². The molecule has 192 valence electrons. The Kier molecular flexibility index (Phi) is 6.05. The van der Waals surface area contributed by atoms with Crippen LogP contribution in [-0.4, -0.2) is 35.6 Å². The van der Waals surface area contributed by atoms with Crippen LogP contribution in [0.2, 0.25) is 0 Å². The summed E-state index contributed by atoms with van der Waals surface area (Å²) in [5, 5.41) is 24.2. The van der Waals surface area contributed by atoms with E-state index in [2.05, 4.69) is 55.6 Å². The van der Waals surface area contributed by atoms with Crippen LogP contribution in [0.15, 0.2) is 91.0 Å². The monoisotopic (exact) mass is 505 g/mol. The lowest BCUT2D eigenvalue weighted by molar-refractivity contribution is 0.0185. The molecule has 6 rings (SSSR count). The number of nitrogens with one attached hydrogen (secondary N) is 1. The topological polar surface area (TPSA) is 78.8 Å². The van der Waals surface area contributed by atoms with Crippen molar-refractivity contribution in [1.82, 2.24) is 5.32 Å². The molecule has 0 aliphatic heterocycles. The summed E-state index contributed by atoms with van der Waals surface area (Å²) in [5.41, 5.74) is 9.73. The first-order valence-electron chi connectivity index (χ1n) is 13.1. The van der Waals surface area contributed by atoms with E-state index >= 15 is 0 Å². The second kappa shape index (κ2) is 9.43. The zero-order valence-electron chi connectivity index (χ0n) is 21.5. The summed E-state index contributed by atoms with van der Waals surface area (Å²) in [7, 11) is 0. The number of aliphatic hydroxyl groups excluding tert-OH is 2. The van der Waals surface area contributed by atoms with Gasteiger partial charge in [-0.05, 0) is 50.1 Å². The van der Waals surface area contributed by atoms with Crippen LogP contribution in [0.5, 0.6) is 0 Å². The number of benzene rings is 4. The van der Waals surface area contributed by atoms with Crippen LogP contribution in [-0.2, 0) is 10.2 Å². The van der Waals surface area contributed by atoms with Gasteiger partial charge in [0, 0.05) is 17.9 Å². The first-order chi connectivity index (χ1) is 18.4. The lowest BCUT2D eigenvalue weighted by Gasteiger charge is -2.24. The van der Waals surface area contributed by atoms with E-state index in [-0.39, 0.29) is 24.5 Å². The smallest absolute Gasteiger partial charge is 0.407 e. The fraction of sp³-hybridized carbons (Fsp3) is 0.242. The molecule has 5 heteroatoms. The van der Waals surface area contributed by atoms with Gasteiger partial charge >= 0.3 is 6.09 Å². The van der Waals surface area contributed by atoms with Gasteiger partial charge < -0.3 is 20.3 Å². The van der Waals surface area contributed by atoms with Gasteiger partial charge in [0.15, 0.2) is 0 Å². The number of ether oxygens (including phenoxy) is 1. The summed E-state index contributed by atoms with van der Waals surface area (Å²) in [6.45, 7) is 4.41. The summed E-state index contributed by atoms with van der Waals surface area (Å²) in [6.07, 6.45) is -2.95. The van der Waals surface area contributed by atoms with Crippen LogP contribution in [0.1, 0.15) is 53.7 Å². The third-order valence-corrected chi connectivity index (χ3v) is 8.11. The molecule has 3 N–H and O–H groups in total. The Hall–Kier alpha value is -3.93. The van der Waals surface area contributed by atoms with Gasteiger partial charge in [-0.25, -0.2) is 4.79 Å². The molecule has 5 nitrogen and oxygen atoms in total. The maximum atomic E-state index is 12.5. The Labute approximate surface area is 222 Å². The predicted octanol–water partition coefficient (Wildman–Crippen LogP) is 5.93. The van der Waals surface area contributed by atoms with Crippen LogP contribution in [0.3, 0.4) is 0 Å². The second-order valence-electron chi connectivity index (χ2n) is 10.7. The molecule has 0 spiro atoms. The van der Waals surface area contributed by atoms with Crippen LogP contribution >= 0.6 is 0 Å². The van der Waals surface area contributed by atoms with Crippen molar-refractivity contribution in [2.45, 2.75) is 37.4 Å². The highest BCUT2D eigenvalue weighted by molar-refractivity contribution is 5.81. The van der Waals surface area contributed by atoms with Gasteiger partial charge in [0.25, 0.3) is 0 Å². The Balaban J connectivity index is 1.09. The summed E-state index contributed by atoms with van der Waals surface area (Å²) in [5.74, 6) is -0.0393. The lowest BCUT2D eigenvalue weighted by atomic mass is 9.81. The first kappa shape index (κ1) is 24.4. The minimum absolute atomic E-state index is 0.0393. The number of carbonyl (C=O) groups is 1. The number of hydrogen-bond donors (Lipinski definition) is 3. The van der Waals surface area contributed by atoms with Crippen LogP contribution in [0, 0.1) is 0 Å². The van der Waals surface area contributed by atoms with E-state index in [9.17, 15) is 15.0 Å². The second-order valence-corrected chi connectivity index (χ2v) is 10.7. The average Bonchev–Trinajstić information content (AvgIpc) is 3.39. The molecule has 0 radical (unpaired) electrons. The van der Waals surface area contributed by atoms with E-state index in [4.69, 9.17) is 4.74 Å². The van der Waals surface area contributed by atoms with E-state index in [0.29, 0.717) is 5.56 Å². The van der Waals surface area contributed by atoms with Gasteiger partial charge in [-0.3, -0.25) is 0 Å². The van der Waals surface area contributed by atoms with Crippen LogP contribution in [0.25, 0.3) is 22.3 Å². The molecule has 4 aromatic rings. The number of carbonyl (C=O) groups excluding carboxylic acids is 1. The fourth-order valence-corrected chi connectivity index (χ4v) is 6.08. The van der Waals surface area contributed by atoms with Gasteiger partial charge in [-0.1, -0.05) is 105 Å². The molecule has 0 saturated heterocycles. The summed E-state index contributed by atoms with van der Waals surface area (Å²) < 4.78 is 5.56. The van der Waals surface area contributed by atoms with E-state index in [1.807, 2.05) is 54.6 Å². The molecule has 0 heterocycles. The summed E-state index contributed by atoms with van der Waals surface area (Å²) in [4.78, 5) is 12.5. The van der Waals surface area contributed by atoms with Gasteiger partial charge in [-0.15, -0.1) is 0 Å². The summed E-state index contributed by atoms with van der Waals surface area (Å²) >= 11 is 0. The van der Waals surface area contributed by atoms with Gasteiger partial charge in [0.05, 0.1) is 0 Å². The lowest BCUT2D eigenvalue weighted by Crippen LogP contribution is -2.36. The molecular weight excluding hydrogens is 474 g/mol. The Morgan fingerprint density at radius 1 is 0.816 bits per heavy atom. The Morgan fingerprint density at radius 3 is 2.08 bits per heavy atom. The molecule has 2 atom stereocenters. The average molecular weight is 506 g/mol. The van der Waals surface area contributed by atoms with Crippen LogP contribution < -0.4 is 5.32 Å². The van der Waals surface area contributed by atoms with Gasteiger partial charge in [0.1, 0.15) is 18.8 Å². The fourth-order valence-electron chi connectivity index (χ4n) is 6.08. The third kappa shape index (κ3) is 3.99. The molecule has 1 amide bonds. The van der Waals surface area contributed by atoms with E-state index in [1.165, 1.54) is 11.1 Å². The Bertz CT molecular complexity index is 1480. The van der Waals surface area contributed by atoms with Crippen molar-refractivity contribution in [1.29, 1.82) is 0 Å². The first-order valence-corrected chi connectivity index (χ1v) is 13.1. The van der Waals surface area contributed by atoms with Crippen molar-refractivity contribution in [3.63, 3.8) is 0 Å².